The van der Waals surface area contributed by atoms with Crippen LogP contribution in [-0.4, -0.2) is 58.3 Å². The van der Waals surface area contributed by atoms with E-state index in [1.54, 1.807) is 0 Å². The van der Waals surface area contributed by atoms with E-state index in [4.69, 9.17) is 14.6 Å². The number of nitrogens with zero attached hydrogens (tertiary/aromatic N) is 2. The predicted octanol–water partition coefficient (Wildman–Crippen LogP) is 4.28. The van der Waals surface area contributed by atoms with Gasteiger partial charge in [0.15, 0.2) is 0 Å². The number of pyridine rings is 1. The zero-order valence-electron chi connectivity index (χ0n) is 18.3. The summed E-state index contributed by atoms with van der Waals surface area (Å²) in [4.78, 5) is 28.4. The summed E-state index contributed by atoms with van der Waals surface area (Å²) < 4.78 is 38.0. The number of carboxylic acids is 1. The molecular weight excluding hydrogens is 437 g/mol. The van der Waals surface area contributed by atoms with Gasteiger partial charge < -0.3 is 14.7 Å². The van der Waals surface area contributed by atoms with Gasteiger partial charge in [-0.25, -0.2) is 9.78 Å². The van der Waals surface area contributed by atoms with Crippen molar-refractivity contribution in [3.05, 3.63) is 65.5 Å². The van der Waals surface area contributed by atoms with Gasteiger partial charge >= 0.3 is 12.1 Å². The number of hydrogen-bond acceptors (Lipinski definition) is 4. The summed E-state index contributed by atoms with van der Waals surface area (Å²) in [5, 5.41) is 7.12. The summed E-state index contributed by atoms with van der Waals surface area (Å²) >= 11 is 0. The summed E-state index contributed by atoms with van der Waals surface area (Å²) in [6.45, 7) is 3.49. The number of alkyl halides is 3. The molecule has 0 unspecified atom stereocenters. The molecule has 1 aromatic heterocycles. The Morgan fingerprint density at radius 2 is 1.76 bits per heavy atom. The van der Waals surface area contributed by atoms with Crippen LogP contribution in [0.1, 0.15) is 41.0 Å². The van der Waals surface area contributed by atoms with Crippen molar-refractivity contribution in [3.63, 3.8) is 0 Å². The maximum Gasteiger partial charge on any atom is 0.490 e. The van der Waals surface area contributed by atoms with Crippen molar-refractivity contribution in [1.82, 2.24) is 9.88 Å². The lowest BCUT2D eigenvalue weighted by Crippen LogP contribution is -2.42. The third-order valence-corrected chi connectivity index (χ3v) is 5.63. The number of hydrogen-bond donors (Lipinski definition) is 1. The van der Waals surface area contributed by atoms with Crippen molar-refractivity contribution >= 4 is 11.9 Å². The molecule has 6 nitrogen and oxygen atoms in total. The third-order valence-electron chi connectivity index (χ3n) is 5.63. The lowest BCUT2D eigenvalue weighted by atomic mass is 10.0. The minimum absolute atomic E-state index is 0.0205. The highest BCUT2D eigenvalue weighted by atomic mass is 19.4. The van der Waals surface area contributed by atoms with Crippen LogP contribution in [0.15, 0.2) is 48.5 Å². The second-order valence-electron chi connectivity index (χ2n) is 8.33. The Labute approximate surface area is 190 Å². The standard InChI is InChI=1S/C22H26N2O2.C2HF3O2/c1-16-6-5-9-19(23-16)22(25)24-13-12-21(26-15-18-10-11-18)20(24)14-17-7-3-2-4-8-17;3-2(4,5)1(6)7/h2-9,18,20-21H,10-15H2,1H3;(H,6,7)/t20-,21+;/m0./s1. The van der Waals surface area contributed by atoms with Gasteiger partial charge in [-0.2, -0.15) is 13.2 Å². The van der Waals surface area contributed by atoms with Gasteiger partial charge in [0, 0.05) is 18.8 Å². The SMILES string of the molecule is Cc1cccc(C(=O)N2CC[C@@H](OCC3CC3)[C@@H]2Cc2ccccc2)n1.O=C(O)C(F)(F)F. The number of carbonyl (C=O) groups is 2. The molecule has 4 rings (SSSR count). The molecule has 2 aliphatic rings. The Morgan fingerprint density at radius 3 is 2.33 bits per heavy atom. The number of carboxylic acid groups (broad SMARTS) is 1. The maximum atomic E-state index is 13.1. The molecule has 33 heavy (non-hydrogen) atoms. The van der Waals surface area contributed by atoms with E-state index in [2.05, 4.69) is 29.2 Å². The molecule has 2 aromatic rings. The average Bonchev–Trinajstić information content (AvgIpc) is 3.52. The monoisotopic (exact) mass is 464 g/mol. The van der Waals surface area contributed by atoms with Crippen molar-refractivity contribution in [2.45, 2.75) is 50.9 Å². The topological polar surface area (TPSA) is 79.7 Å². The first-order valence-electron chi connectivity index (χ1n) is 10.9. The largest absolute Gasteiger partial charge is 0.490 e. The van der Waals surface area contributed by atoms with Gasteiger partial charge in [0.2, 0.25) is 0 Å². The summed E-state index contributed by atoms with van der Waals surface area (Å²) in [6.07, 6.45) is -0.669. The fourth-order valence-corrected chi connectivity index (χ4v) is 3.72. The van der Waals surface area contributed by atoms with E-state index >= 15 is 0 Å². The van der Waals surface area contributed by atoms with E-state index in [1.165, 1.54) is 18.4 Å². The van der Waals surface area contributed by atoms with Gasteiger partial charge in [0.05, 0.1) is 12.1 Å². The number of halogens is 3. The molecular formula is C24H27F3N2O4. The molecule has 1 aliphatic carbocycles. The summed E-state index contributed by atoms with van der Waals surface area (Å²) in [5.74, 6) is -2.00. The van der Waals surface area contributed by atoms with E-state index in [9.17, 15) is 18.0 Å². The number of rotatable bonds is 6. The maximum absolute atomic E-state index is 13.1. The molecule has 2 atom stereocenters. The fourth-order valence-electron chi connectivity index (χ4n) is 3.72. The summed E-state index contributed by atoms with van der Waals surface area (Å²) in [5.41, 5.74) is 2.65. The summed E-state index contributed by atoms with van der Waals surface area (Å²) in [7, 11) is 0. The van der Waals surface area contributed by atoms with Crippen LogP contribution in [0.4, 0.5) is 13.2 Å². The second-order valence-corrected chi connectivity index (χ2v) is 8.33. The number of aliphatic carboxylic acids is 1. The van der Waals surface area contributed by atoms with Crippen molar-refractivity contribution in [3.8, 4) is 0 Å². The molecule has 0 radical (unpaired) electrons. The van der Waals surface area contributed by atoms with Gasteiger partial charge in [-0.05, 0) is 56.2 Å². The van der Waals surface area contributed by atoms with Crippen molar-refractivity contribution < 1.29 is 32.6 Å². The molecule has 2 fully saturated rings. The number of carbonyl (C=O) groups excluding carboxylic acids is 1. The van der Waals surface area contributed by atoms with Crippen LogP contribution in [0.5, 0.6) is 0 Å². The molecule has 1 aliphatic heterocycles. The highest BCUT2D eigenvalue weighted by Gasteiger charge is 2.39. The first-order chi connectivity index (χ1) is 15.6. The van der Waals surface area contributed by atoms with Gasteiger partial charge in [-0.15, -0.1) is 0 Å². The third kappa shape index (κ3) is 7.28. The first kappa shape index (κ1) is 24.7. The van der Waals surface area contributed by atoms with E-state index < -0.39 is 12.1 Å². The first-order valence-corrected chi connectivity index (χ1v) is 10.9. The second kappa shape index (κ2) is 10.8. The lowest BCUT2D eigenvalue weighted by molar-refractivity contribution is -0.192. The van der Waals surface area contributed by atoms with Crippen LogP contribution < -0.4 is 0 Å². The van der Waals surface area contributed by atoms with Gasteiger partial charge in [-0.3, -0.25) is 4.79 Å². The molecule has 1 N–H and O–H groups in total. The van der Waals surface area contributed by atoms with Crippen LogP contribution in [0.25, 0.3) is 0 Å². The molecule has 2 heterocycles. The Kier molecular flexibility index (Phi) is 8.07. The Hall–Kier alpha value is -2.94. The predicted molar refractivity (Wildman–Crippen MR) is 115 cm³/mol. The molecule has 0 bridgehead atoms. The van der Waals surface area contributed by atoms with E-state index in [-0.39, 0.29) is 18.1 Å². The average molecular weight is 464 g/mol. The molecule has 0 spiro atoms. The minimum atomic E-state index is -5.08. The molecule has 1 amide bonds. The van der Waals surface area contributed by atoms with Gasteiger partial charge in [0.25, 0.3) is 5.91 Å². The van der Waals surface area contributed by atoms with Gasteiger partial charge in [-0.1, -0.05) is 36.4 Å². The number of aryl methyl sites for hydroxylation is 1. The zero-order chi connectivity index (χ0) is 24.0. The van der Waals surface area contributed by atoms with E-state index in [0.717, 1.165) is 37.6 Å². The van der Waals surface area contributed by atoms with E-state index in [0.29, 0.717) is 5.69 Å². The van der Waals surface area contributed by atoms with Crippen molar-refractivity contribution in [2.24, 2.45) is 5.92 Å². The van der Waals surface area contributed by atoms with Crippen LogP contribution in [-0.2, 0) is 16.0 Å². The van der Waals surface area contributed by atoms with E-state index in [1.807, 2.05) is 36.1 Å². The normalized spacial score (nSPS) is 20.2. The van der Waals surface area contributed by atoms with Crippen LogP contribution in [0, 0.1) is 12.8 Å². The van der Waals surface area contributed by atoms with Crippen LogP contribution in [0.3, 0.4) is 0 Å². The molecule has 1 saturated carbocycles. The van der Waals surface area contributed by atoms with Crippen molar-refractivity contribution in [2.75, 3.05) is 13.2 Å². The minimum Gasteiger partial charge on any atom is -0.475 e. The number of amides is 1. The highest BCUT2D eigenvalue weighted by molar-refractivity contribution is 5.92. The number of aromatic nitrogens is 1. The fraction of sp³-hybridized carbons (Fsp3) is 0.458. The zero-order valence-corrected chi connectivity index (χ0v) is 18.3. The molecule has 9 heteroatoms. The Bertz CT molecular complexity index is 948. The number of likely N-dealkylation sites (tertiary alicyclic amines) is 1. The smallest absolute Gasteiger partial charge is 0.475 e. The quantitative estimate of drug-likeness (QED) is 0.691. The van der Waals surface area contributed by atoms with Crippen LogP contribution >= 0.6 is 0 Å². The lowest BCUT2D eigenvalue weighted by Gasteiger charge is -2.28. The molecule has 1 saturated heterocycles. The Balaban J connectivity index is 0.000000383. The Morgan fingerprint density at radius 1 is 1.09 bits per heavy atom. The number of ether oxygens (including phenoxy) is 1. The molecule has 1 aromatic carbocycles. The van der Waals surface area contributed by atoms with Gasteiger partial charge in [0.1, 0.15) is 5.69 Å². The van der Waals surface area contributed by atoms with Crippen LogP contribution in [0.2, 0.25) is 0 Å². The number of benzene rings is 1. The summed E-state index contributed by atoms with van der Waals surface area (Å²) in [6, 6.07) is 16.1. The highest BCUT2D eigenvalue weighted by Crippen LogP contribution is 2.32. The molecule has 178 valence electrons. The van der Waals surface area contributed by atoms with Crippen molar-refractivity contribution in [1.29, 1.82) is 0 Å².